The number of nitrogens with zero attached hydrogens (tertiary/aromatic N) is 4. The van der Waals surface area contributed by atoms with Crippen LogP contribution in [-0.4, -0.2) is 26.1 Å². The maximum absolute atomic E-state index is 13.8. The van der Waals surface area contributed by atoms with Gasteiger partial charge in [-0.2, -0.15) is 4.80 Å². The number of hydrogen-bond acceptors (Lipinski definition) is 4. The Kier molecular flexibility index (Phi) is 5.36. The molecule has 0 unspecified atom stereocenters. The predicted octanol–water partition coefficient (Wildman–Crippen LogP) is 3.63. The van der Waals surface area contributed by atoms with Crippen molar-refractivity contribution < 1.29 is 9.18 Å². The third-order valence-electron chi connectivity index (χ3n) is 4.23. The molecular weight excluding hydrogens is 333 g/mol. The van der Waals surface area contributed by atoms with E-state index >= 15 is 0 Å². The average molecular weight is 353 g/mol. The minimum absolute atomic E-state index is 0.103. The van der Waals surface area contributed by atoms with Crippen LogP contribution in [0.4, 0.5) is 10.1 Å². The number of anilines is 1. The van der Waals surface area contributed by atoms with Gasteiger partial charge in [0.15, 0.2) is 0 Å². The number of carbonyl (C=O) groups excluding carboxylic acids is 1. The Bertz CT molecular complexity index is 891. The van der Waals surface area contributed by atoms with Crippen molar-refractivity contribution in [2.24, 2.45) is 0 Å². The molecule has 3 aromatic rings. The highest BCUT2D eigenvalue weighted by Crippen LogP contribution is 2.20. The molecule has 0 aliphatic carbocycles. The topological polar surface area (TPSA) is 72.7 Å². The van der Waals surface area contributed by atoms with Crippen LogP contribution >= 0.6 is 0 Å². The van der Waals surface area contributed by atoms with Crippen LogP contribution in [0.5, 0.6) is 0 Å². The summed E-state index contributed by atoms with van der Waals surface area (Å²) in [5, 5.41) is 14.5. The fourth-order valence-electron chi connectivity index (χ4n) is 2.52. The van der Waals surface area contributed by atoms with Gasteiger partial charge in [0, 0.05) is 5.69 Å². The molecule has 26 heavy (non-hydrogen) atoms. The molecule has 0 bridgehead atoms. The van der Waals surface area contributed by atoms with Crippen LogP contribution < -0.4 is 5.32 Å². The quantitative estimate of drug-likeness (QED) is 0.734. The van der Waals surface area contributed by atoms with Crippen molar-refractivity contribution >= 4 is 11.6 Å². The summed E-state index contributed by atoms with van der Waals surface area (Å²) >= 11 is 0. The number of aromatic nitrogens is 4. The lowest BCUT2D eigenvalue weighted by atomic mass is 9.99. The number of benzene rings is 2. The van der Waals surface area contributed by atoms with E-state index in [1.807, 2.05) is 24.3 Å². The summed E-state index contributed by atoms with van der Waals surface area (Å²) in [5.41, 5.74) is 2.19. The van der Waals surface area contributed by atoms with Gasteiger partial charge in [-0.1, -0.05) is 38.1 Å². The Hall–Kier alpha value is -3.09. The standard InChI is InChI=1S/C19H20FN5O/c1-3-13(2)14-8-10-15(11-9-14)21-18(26)12-25-23-19(22-24-25)16-6-4-5-7-17(16)20/h4-11,13H,3,12H2,1-2H3,(H,21,26)/t13-/m1/s1. The van der Waals surface area contributed by atoms with Gasteiger partial charge in [-0.25, -0.2) is 4.39 Å². The lowest BCUT2D eigenvalue weighted by Crippen LogP contribution is -2.20. The van der Waals surface area contributed by atoms with Gasteiger partial charge in [0.25, 0.3) is 0 Å². The highest BCUT2D eigenvalue weighted by molar-refractivity contribution is 5.90. The summed E-state index contributed by atoms with van der Waals surface area (Å²) in [4.78, 5) is 13.3. The summed E-state index contributed by atoms with van der Waals surface area (Å²) < 4.78 is 13.8. The van der Waals surface area contributed by atoms with Crippen molar-refractivity contribution in [2.45, 2.75) is 32.7 Å². The molecule has 1 amide bonds. The van der Waals surface area contributed by atoms with Gasteiger partial charge in [0.05, 0.1) is 5.56 Å². The van der Waals surface area contributed by atoms with Crippen molar-refractivity contribution in [3.05, 3.63) is 59.9 Å². The minimum atomic E-state index is -0.433. The van der Waals surface area contributed by atoms with E-state index in [-0.39, 0.29) is 23.8 Å². The van der Waals surface area contributed by atoms with Crippen LogP contribution in [0.1, 0.15) is 31.7 Å². The highest BCUT2D eigenvalue weighted by atomic mass is 19.1. The number of carbonyl (C=O) groups is 1. The number of rotatable bonds is 6. The number of hydrogen-bond donors (Lipinski definition) is 1. The zero-order chi connectivity index (χ0) is 18.5. The van der Waals surface area contributed by atoms with Crippen LogP contribution in [0, 0.1) is 5.82 Å². The smallest absolute Gasteiger partial charge is 0.248 e. The van der Waals surface area contributed by atoms with Crippen LogP contribution in [0.3, 0.4) is 0 Å². The van der Waals surface area contributed by atoms with E-state index in [2.05, 4.69) is 34.6 Å². The molecule has 0 saturated carbocycles. The van der Waals surface area contributed by atoms with Gasteiger partial charge in [0.1, 0.15) is 12.4 Å². The maximum Gasteiger partial charge on any atom is 0.248 e. The number of amides is 1. The zero-order valence-corrected chi connectivity index (χ0v) is 14.7. The summed E-state index contributed by atoms with van der Waals surface area (Å²) in [6, 6.07) is 13.9. The van der Waals surface area contributed by atoms with Crippen LogP contribution in [-0.2, 0) is 11.3 Å². The fourth-order valence-corrected chi connectivity index (χ4v) is 2.52. The molecule has 6 nitrogen and oxygen atoms in total. The minimum Gasteiger partial charge on any atom is -0.324 e. The lowest BCUT2D eigenvalue weighted by molar-refractivity contribution is -0.117. The van der Waals surface area contributed by atoms with E-state index in [9.17, 15) is 9.18 Å². The predicted molar refractivity (Wildman–Crippen MR) is 97.0 cm³/mol. The Morgan fingerprint density at radius 2 is 1.92 bits per heavy atom. The molecule has 0 fully saturated rings. The van der Waals surface area contributed by atoms with Crippen LogP contribution in [0.15, 0.2) is 48.5 Å². The monoisotopic (exact) mass is 353 g/mol. The van der Waals surface area contributed by atoms with Crippen molar-refractivity contribution in [3.8, 4) is 11.4 Å². The van der Waals surface area contributed by atoms with Gasteiger partial charge in [-0.15, -0.1) is 10.2 Å². The molecule has 1 heterocycles. The summed E-state index contributed by atoms with van der Waals surface area (Å²) in [7, 11) is 0. The second-order valence-corrected chi connectivity index (χ2v) is 6.10. The first kappa shape index (κ1) is 17.7. The second kappa shape index (κ2) is 7.86. The molecule has 2 aromatic carbocycles. The van der Waals surface area contributed by atoms with Gasteiger partial charge < -0.3 is 5.32 Å². The van der Waals surface area contributed by atoms with E-state index in [4.69, 9.17) is 0 Å². The summed E-state index contributed by atoms with van der Waals surface area (Å²) in [5.74, 6) is -0.0821. The van der Waals surface area contributed by atoms with Crippen LogP contribution in [0.25, 0.3) is 11.4 Å². The lowest BCUT2D eigenvalue weighted by Gasteiger charge is -2.10. The summed E-state index contributed by atoms with van der Waals surface area (Å²) in [6.45, 7) is 4.20. The van der Waals surface area contributed by atoms with E-state index in [1.165, 1.54) is 11.6 Å². The molecule has 1 N–H and O–H groups in total. The molecule has 0 aliphatic rings. The zero-order valence-electron chi connectivity index (χ0n) is 14.7. The van der Waals surface area contributed by atoms with Gasteiger partial charge in [-0.05, 0) is 47.4 Å². The third-order valence-corrected chi connectivity index (χ3v) is 4.23. The number of halogens is 1. The maximum atomic E-state index is 13.8. The number of tetrazole rings is 1. The third kappa shape index (κ3) is 4.11. The Labute approximate surface area is 151 Å². The van der Waals surface area contributed by atoms with E-state index in [1.54, 1.807) is 18.2 Å². The van der Waals surface area contributed by atoms with Crippen molar-refractivity contribution in [1.29, 1.82) is 0 Å². The molecule has 134 valence electrons. The molecule has 0 spiro atoms. The molecular formula is C19H20FN5O. The molecule has 0 aliphatic heterocycles. The largest absolute Gasteiger partial charge is 0.324 e. The van der Waals surface area contributed by atoms with Crippen LogP contribution in [0.2, 0.25) is 0 Å². The average Bonchev–Trinajstić information content (AvgIpc) is 3.10. The summed E-state index contributed by atoms with van der Waals surface area (Å²) in [6.07, 6.45) is 1.06. The Balaban J connectivity index is 1.63. The van der Waals surface area contributed by atoms with E-state index < -0.39 is 5.82 Å². The first-order valence-corrected chi connectivity index (χ1v) is 8.49. The van der Waals surface area contributed by atoms with Gasteiger partial charge in [-0.3, -0.25) is 4.79 Å². The Morgan fingerprint density at radius 3 is 2.62 bits per heavy atom. The molecule has 0 saturated heterocycles. The normalized spacial score (nSPS) is 12.0. The molecule has 3 rings (SSSR count). The first-order chi connectivity index (χ1) is 12.6. The van der Waals surface area contributed by atoms with Crippen molar-refractivity contribution in [2.75, 3.05) is 5.32 Å². The van der Waals surface area contributed by atoms with Gasteiger partial charge in [0.2, 0.25) is 11.7 Å². The molecule has 1 aromatic heterocycles. The first-order valence-electron chi connectivity index (χ1n) is 8.49. The highest BCUT2D eigenvalue weighted by Gasteiger charge is 2.12. The van der Waals surface area contributed by atoms with Crippen molar-refractivity contribution in [3.63, 3.8) is 0 Å². The second-order valence-electron chi connectivity index (χ2n) is 6.10. The van der Waals surface area contributed by atoms with Crippen molar-refractivity contribution in [1.82, 2.24) is 20.2 Å². The van der Waals surface area contributed by atoms with E-state index in [0.717, 1.165) is 11.2 Å². The molecule has 0 radical (unpaired) electrons. The van der Waals surface area contributed by atoms with Gasteiger partial charge >= 0.3 is 0 Å². The Morgan fingerprint density at radius 1 is 1.19 bits per heavy atom. The van der Waals surface area contributed by atoms with E-state index in [0.29, 0.717) is 11.6 Å². The SMILES string of the molecule is CC[C@@H](C)c1ccc(NC(=O)Cn2nnc(-c3ccccc3F)n2)cc1. The number of nitrogens with one attached hydrogen (secondary N) is 1. The molecule has 7 heteroatoms. The fraction of sp³-hybridized carbons (Fsp3) is 0.263. The molecule has 1 atom stereocenters.